The van der Waals surface area contributed by atoms with E-state index in [4.69, 9.17) is 9.47 Å². The highest BCUT2D eigenvalue weighted by Crippen LogP contribution is 2.21. The summed E-state index contributed by atoms with van der Waals surface area (Å²) in [6.45, 7) is 0.872. The number of hydrogen-bond acceptors (Lipinski definition) is 4. The number of carbonyl (C=O) groups excluding carboxylic acids is 1. The molecule has 2 N–H and O–H groups in total. The lowest BCUT2D eigenvalue weighted by atomic mass is 10.2. The molecule has 1 heterocycles. The highest BCUT2D eigenvalue weighted by Gasteiger charge is 2.17. The van der Waals surface area contributed by atoms with Crippen molar-refractivity contribution in [3.8, 4) is 5.88 Å². The quantitative estimate of drug-likeness (QED) is 0.783. The predicted molar refractivity (Wildman–Crippen MR) is 76.0 cm³/mol. The van der Waals surface area contributed by atoms with Gasteiger partial charge in [0.2, 0.25) is 5.88 Å². The summed E-state index contributed by atoms with van der Waals surface area (Å²) in [5, 5.41) is 5.75. The summed E-state index contributed by atoms with van der Waals surface area (Å²) in [5.74, 6) is 0.408. The van der Waals surface area contributed by atoms with Gasteiger partial charge in [0.15, 0.2) is 0 Å². The number of nitrogens with zero attached hydrogens (tertiary/aromatic N) is 1. The molecule has 6 nitrogen and oxygen atoms in total. The molecule has 0 bridgehead atoms. The van der Waals surface area contributed by atoms with Gasteiger partial charge in [0.25, 0.3) is 0 Å². The lowest BCUT2D eigenvalue weighted by molar-refractivity contribution is 0.144. The first-order chi connectivity index (χ1) is 9.79. The minimum atomic E-state index is -0.207. The summed E-state index contributed by atoms with van der Waals surface area (Å²) < 4.78 is 10.4. The summed E-state index contributed by atoms with van der Waals surface area (Å²) in [4.78, 5) is 16.0. The van der Waals surface area contributed by atoms with E-state index in [0.29, 0.717) is 24.8 Å². The van der Waals surface area contributed by atoms with Gasteiger partial charge in [0.05, 0.1) is 6.61 Å². The Balaban J connectivity index is 1.88. The third-order valence-electron chi connectivity index (χ3n) is 3.24. The smallest absolute Gasteiger partial charge is 0.319 e. The molecule has 1 aromatic rings. The minimum Gasteiger partial charge on any atom is -0.474 e. The highest BCUT2D eigenvalue weighted by atomic mass is 16.5. The topological polar surface area (TPSA) is 72.5 Å². The Labute approximate surface area is 118 Å². The normalized spacial score (nSPS) is 15.1. The van der Waals surface area contributed by atoms with E-state index in [1.165, 1.54) is 12.8 Å². The molecule has 1 aliphatic rings. The molecule has 6 heteroatoms. The van der Waals surface area contributed by atoms with Gasteiger partial charge in [-0.05, 0) is 25.0 Å². The number of aromatic nitrogens is 1. The molecule has 2 rings (SSSR count). The SMILES string of the molecule is COCCOc1ncccc1NC(=O)NC1CCCC1. The monoisotopic (exact) mass is 279 g/mol. The molecule has 1 saturated carbocycles. The lowest BCUT2D eigenvalue weighted by Crippen LogP contribution is -2.36. The fourth-order valence-corrected chi connectivity index (χ4v) is 2.24. The van der Waals surface area contributed by atoms with Crippen molar-refractivity contribution in [2.24, 2.45) is 0 Å². The number of amides is 2. The molecule has 1 aromatic heterocycles. The first kappa shape index (κ1) is 14.6. The van der Waals surface area contributed by atoms with E-state index in [2.05, 4.69) is 15.6 Å². The number of anilines is 1. The van der Waals surface area contributed by atoms with Gasteiger partial charge in [-0.1, -0.05) is 12.8 Å². The zero-order chi connectivity index (χ0) is 14.2. The van der Waals surface area contributed by atoms with Crippen molar-refractivity contribution in [2.75, 3.05) is 25.6 Å². The minimum absolute atomic E-state index is 0.207. The van der Waals surface area contributed by atoms with Gasteiger partial charge in [0.1, 0.15) is 12.3 Å². The molecule has 110 valence electrons. The van der Waals surface area contributed by atoms with Crippen LogP contribution in [0.5, 0.6) is 5.88 Å². The Bertz CT molecular complexity index is 433. The van der Waals surface area contributed by atoms with Crippen molar-refractivity contribution >= 4 is 11.7 Å². The van der Waals surface area contributed by atoms with Gasteiger partial charge >= 0.3 is 6.03 Å². The molecule has 0 atom stereocenters. The average Bonchev–Trinajstić information content (AvgIpc) is 2.93. The van der Waals surface area contributed by atoms with Gasteiger partial charge in [0, 0.05) is 19.3 Å². The fourth-order valence-electron chi connectivity index (χ4n) is 2.24. The Hall–Kier alpha value is -1.82. The van der Waals surface area contributed by atoms with Crippen LogP contribution in [0.25, 0.3) is 0 Å². The van der Waals surface area contributed by atoms with Crippen molar-refractivity contribution < 1.29 is 14.3 Å². The molecule has 0 aromatic carbocycles. The second-order valence-electron chi connectivity index (χ2n) is 4.78. The number of urea groups is 1. The first-order valence-electron chi connectivity index (χ1n) is 6.94. The van der Waals surface area contributed by atoms with Gasteiger partial charge in [-0.3, -0.25) is 0 Å². The highest BCUT2D eigenvalue weighted by molar-refractivity contribution is 5.90. The summed E-state index contributed by atoms with van der Waals surface area (Å²) in [6.07, 6.45) is 6.10. The van der Waals surface area contributed by atoms with Crippen molar-refractivity contribution in [1.29, 1.82) is 0 Å². The first-order valence-corrected chi connectivity index (χ1v) is 6.94. The fraction of sp³-hybridized carbons (Fsp3) is 0.571. The van der Waals surface area contributed by atoms with E-state index in [-0.39, 0.29) is 12.1 Å². The molecular formula is C14H21N3O3. The van der Waals surface area contributed by atoms with E-state index >= 15 is 0 Å². The van der Waals surface area contributed by atoms with Crippen molar-refractivity contribution in [3.63, 3.8) is 0 Å². The number of carbonyl (C=O) groups is 1. The van der Waals surface area contributed by atoms with Crippen LogP contribution in [0.2, 0.25) is 0 Å². The van der Waals surface area contributed by atoms with Crippen LogP contribution in [-0.4, -0.2) is 37.4 Å². The molecule has 1 aliphatic carbocycles. The van der Waals surface area contributed by atoms with E-state index in [9.17, 15) is 4.79 Å². The number of ether oxygens (including phenoxy) is 2. The maximum Gasteiger partial charge on any atom is 0.319 e. The van der Waals surface area contributed by atoms with Gasteiger partial charge in [-0.2, -0.15) is 0 Å². The predicted octanol–water partition coefficient (Wildman–Crippen LogP) is 2.17. The molecule has 20 heavy (non-hydrogen) atoms. The Morgan fingerprint density at radius 1 is 1.40 bits per heavy atom. The molecule has 2 amide bonds. The summed E-state index contributed by atoms with van der Waals surface area (Å²) in [6, 6.07) is 3.60. The third-order valence-corrected chi connectivity index (χ3v) is 3.24. The largest absolute Gasteiger partial charge is 0.474 e. The summed E-state index contributed by atoms with van der Waals surface area (Å²) in [7, 11) is 1.61. The lowest BCUT2D eigenvalue weighted by Gasteiger charge is -2.14. The molecule has 0 aliphatic heterocycles. The van der Waals surface area contributed by atoms with Crippen LogP contribution in [0.15, 0.2) is 18.3 Å². The molecule has 0 radical (unpaired) electrons. The number of pyridine rings is 1. The van der Waals surface area contributed by atoms with Crippen LogP contribution in [0, 0.1) is 0 Å². The maximum absolute atomic E-state index is 11.9. The maximum atomic E-state index is 11.9. The Morgan fingerprint density at radius 3 is 2.95 bits per heavy atom. The van der Waals surface area contributed by atoms with Crippen LogP contribution in [-0.2, 0) is 4.74 Å². The van der Waals surface area contributed by atoms with Crippen LogP contribution in [0.4, 0.5) is 10.5 Å². The van der Waals surface area contributed by atoms with E-state index in [0.717, 1.165) is 12.8 Å². The second-order valence-corrected chi connectivity index (χ2v) is 4.78. The van der Waals surface area contributed by atoms with Crippen LogP contribution < -0.4 is 15.4 Å². The molecule has 0 spiro atoms. The number of methoxy groups -OCH3 is 1. The number of rotatable bonds is 6. The Morgan fingerprint density at radius 2 is 2.20 bits per heavy atom. The van der Waals surface area contributed by atoms with Gasteiger partial charge in [-0.25, -0.2) is 9.78 Å². The molecule has 0 saturated heterocycles. The standard InChI is InChI=1S/C14H21N3O3/c1-19-9-10-20-13-12(7-4-8-15-13)17-14(18)16-11-5-2-3-6-11/h4,7-8,11H,2-3,5-6,9-10H2,1H3,(H2,16,17,18). The summed E-state index contributed by atoms with van der Waals surface area (Å²) in [5.41, 5.74) is 0.569. The van der Waals surface area contributed by atoms with Gasteiger partial charge in [-0.15, -0.1) is 0 Å². The zero-order valence-corrected chi connectivity index (χ0v) is 11.7. The van der Waals surface area contributed by atoms with Crippen LogP contribution in [0.1, 0.15) is 25.7 Å². The molecular weight excluding hydrogens is 258 g/mol. The van der Waals surface area contributed by atoms with Crippen molar-refractivity contribution in [1.82, 2.24) is 10.3 Å². The zero-order valence-electron chi connectivity index (χ0n) is 11.7. The van der Waals surface area contributed by atoms with E-state index in [1.807, 2.05) is 0 Å². The van der Waals surface area contributed by atoms with Crippen molar-refractivity contribution in [3.05, 3.63) is 18.3 Å². The second kappa shape index (κ2) is 7.69. The summed E-state index contributed by atoms with van der Waals surface area (Å²) >= 11 is 0. The van der Waals surface area contributed by atoms with Crippen LogP contribution in [0.3, 0.4) is 0 Å². The Kier molecular flexibility index (Phi) is 5.61. The molecule has 1 fully saturated rings. The van der Waals surface area contributed by atoms with Gasteiger partial charge < -0.3 is 20.1 Å². The number of hydrogen-bond donors (Lipinski definition) is 2. The van der Waals surface area contributed by atoms with E-state index < -0.39 is 0 Å². The molecule has 0 unspecified atom stereocenters. The van der Waals surface area contributed by atoms with Crippen molar-refractivity contribution in [2.45, 2.75) is 31.7 Å². The van der Waals surface area contributed by atoms with Crippen LogP contribution >= 0.6 is 0 Å². The van der Waals surface area contributed by atoms with E-state index in [1.54, 1.807) is 25.4 Å². The third kappa shape index (κ3) is 4.38. The average molecular weight is 279 g/mol. The number of nitrogens with one attached hydrogen (secondary N) is 2.